The van der Waals surface area contributed by atoms with E-state index in [4.69, 9.17) is 0 Å². The van der Waals surface area contributed by atoms with Crippen molar-refractivity contribution >= 4 is 11.7 Å². The number of benzene rings is 1. The van der Waals surface area contributed by atoms with E-state index in [0.717, 1.165) is 37.5 Å². The highest BCUT2D eigenvalue weighted by Gasteiger charge is 2.26. The Balaban J connectivity index is 1.36. The number of rotatable bonds is 5. The minimum atomic E-state index is 0.0247. The van der Waals surface area contributed by atoms with Crippen molar-refractivity contribution in [1.82, 2.24) is 15.1 Å². The van der Waals surface area contributed by atoms with Crippen LogP contribution in [0.1, 0.15) is 39.5 Å². The lowest BCUT2D eigenvalue weighted by Crippen LogP contribution is -2.51. The molecule has 0 radical (unpaired) electrons. The van der Waals surface area contributed by atoms with E-state index in [0.29, 0.717) is 12.1 Å². The fourth-order valence-electron chi connectivity index (χ4n) is 4.11. The van der Waals surface area contributed by atoms with Crippen LogP contribution in [0.2, 0.25) is 0 Å². The summed E-state index contributed by atoms with van der Waals surface area (Å²) in [7, 11) is 0. The number of amides is 2. The number of para-hydroxylation sites is 1. The Bertz CT molecular complexity index is 546. The fourth-order valence-corrected chi connectivity index (χ4v) is 4.11. The van der Waals surface area contributed by atoms with Gasteiger partial charge in [0.25, 0.3) is 0 Å². The van der Waals surface area contributed by atoms with Crippen LogP contribution in [0.5, 0.6) is 0 Å². The number of piperidine rings is 2. The van der Waals surface area contributed by atoms with Gasteiger partial charge in [-0.1, -0.05) is 32.0 Å². The molecular formula is C21H34N4O. The van der Waals surface area contributed by atoms with E-state index in [2.05, 4.69) is 29.4 Å². The number of anilines is 1. The lowest BCUT2D eigenvalue weighted by molar-refractivity contribution is 0.156. The van der Waals surface area contributed by atoms with Crippen molar-refractivity contribution in [3.63, 3.8) is 0 Å². The molecule has 2 saturated heterocycles. The second-order valence-corrected chi connectivity index (χ2v) is 8.19. The molecule has 5 heteroatoms. The van der Waals surface area contributed by atoms with Gasteiger partial charge in [-0.2, -0.15) is 0 Å². The van der Waals surface area contributed by atoms with Gasteiger partial charge in [-0.15, -0.1) is 0 Å². The molecule has 2 aliphatic heterocycles. The molecule has 2 N–H and O–H groups in total. The number of hydrogen-bond acceptors (Lipinski definition) is 3. The minimum Gasteiger partial charge on any atom is -0.324 e. The Hall–Kier alpha value is -1.59. The Labute approximate surface area is 158 Å². The average molecular weight is 359 g/mol. The molecular weight excluding hydrogens is 324 g/mol. The average Bonchev–Trinajstić information content (AvgIpc) is 2.64. The van der Waals surface area contributed by atoms with E-state index < -0.39 is 0 Å². The van der Waals surface area contributed by atoms with Gasteiger partial charge >= 0.3 is 6.03 Å². The van der Waals surface area contributed by atoms with Gasteiger partial charge in [0.05, 0.1) is 0 Å². The van der Waals surface area contributed by atoms with E-state index >= 15 is 0 Å². The van der Waals surface area contributed by atoms with Crippen molar-refractivity contribution < 1.29 is 4.79 Å². The molecule has 144 valence electrons. The third-order valence-corrected chi connectivity index (χ3v) is 5.49. The number of likely N-dealkylation sites (tertiary alicyclic amines) is 2. The first kappa shape index (κ1) is 19.2. The van der Waals surface area contributed by atoms with Crippen LogP contribution in [0.4, 0.5) is 10.5 Å². The highest BCUT2D eigenvalue weighted by Crippen LogP contribution is 2.17. The molecule has 0 aliphatic carbocycles. The third kappa shape index (κ3) is 5.71. The standard InChI is InChI=1S/C21H34N4O/c1-17(2)16-24-12-8-19(9-13-24)22-20-10-14-25(15-11-20)21(26)23-18-6-4-3-5-7-18/h3-7,17,19-20,22H,8-16H2,1-2H3,(H,23,26). The van der Waals surface area contributed by atoms with Crippen LogP contribution in [0, 0.1) is 5.92 Å². The van der Waals surface area contributed by atoms with Crippen molar-refractivity contribution in [3.05, 3.63) is 30.3 Å². The summed E-state index contributed by atoms with van der Waals surface area (Å²) in [5, 5.41) is 6.85. The van der Waals surface area contributed by atoms with Crippen molar-refractivity contribution in [3.8, 4) is 0 Å². The minimum absolute atomic E-state index is 0.0247. The normalized spacial score (nSPS) is 20.5. The SMILES string of the molecule is CC(C)CN1CCC(NC2CCN(C(=O)Nc3ccccc3)CC2)CC1. The largest absolute Gasteiger partial charge is 0.324 e. The topological polar surface area (TPSA) is 47.6 Å². The molecule has 2 fully saturated rings. The Morgan fingerprint density at radius 1 is 1.00 bits per heavy atom. The van der Waals surface area contributed by atoms with Crippen LogP contribution >= 0.6 is 0 Å². The highest BCUT2D eigenvalue weighted by molar-refractivity contribution is 5.89. The van der Waals surface area contributed by atoms with Crippen molar-refractivity contribution in [2.24, 2.45) is 5.92 Å². The summed E-state index contributed by atoms with van der Waals surface area (Å²) in [5.74, 6) is 0.755. The lowest BCUT2D eigenvalue weighted by Gasteiger charge is -2.38. The number of carbonyl (C=O) groups excluding carboxylic acids is 1. The number of nitrogens with zero attached hydrogens (tertiary/aromatic N) is 2. The number of hydrogen-bond donors (Lipinski definition) is 2. The molecule has 0 aromatic heterocycles. The van der Waals surface area contributed by atoms with Gasteiger partial charge in [0.15, 0.2) is 0 Å². The molecule has 0 saturated carbocycles. The lowest BCUT2D eigenvalue weighted by atomic mass is 9.99. The van der Waals surface area contributed by atoms with Gasteiger partial charge in [-0.3, -0.25) is 0 Å². The predicted molar refractivity (Wildman–Crippen MR) is 107 cm³/mol. The van der Waals surface area contributed by atoms with E-state index in [1.54, 1.807) is 0 Å². The van der Waals surface area contributed by atoms with Gasteiger partial charge < -0.3 is 20.4 Å². The number of urea groups is 1. The summed E-state index contributed by atoms with van der Waals surface area (Å²) in [4.78, 5) is 16.9. The maximum atomic E-state index is 12.4. The molecule has 2 amide bonds. The molecule has 0 bridgehead atoms. The zero-order chi connectivity index (χ0) is 18.4. The van der Waals surface area contributed by atoms with Crippen molar-refractivity contribution in [2.45, 2.75) is 51.6 Å². The summed E-state index contributed by atoms with van der Waals surface area (Å²) in [6, 6.07) is 10.9. The molecule has 0 spiro atoms. The summed E-state index contributed by atoms with van der Waals surface area (Å²) in [6.45, 7) is 9.92. The second kappa shape index (κ2) is 9.38. The van der Waals surface area contributed by atoms with E-state index in [-0.39, 0.29) is 6.03 Å². The quantitative estimate of drug-likeness (QED) is 0.848. The zero-order valence-corrected chi connectivity index (χ0v) is 16.3. The van der Waals surface area contributed by atoms with Gasteiger partial charge in [0, 0.05) is 37.4 Å². The first-order valence-electron chi connectivity index (χ1n) is 10.2. The molecule has 0 atom stereocenters. The van der Waals surface area contributed by atoms with Crippen LogP contribution in [-0.2, 0) is 0 Å². The molecule has 1 aromatic carbocycles. The first-order valence-corrected chi connectivity index (χ1v) is 10.2. The Morgan fingerprint density at radius 2 is 1.58 bits per heavy atom. The molecule has 5 nitrogen and oxygen atoms in total. The van der Waals surface area contributed by atoms with Gasteiger partial charge in [-0.05, 0) is 56.8 Å². The molecule has 2 aliphatic rings. The Morgan fingerprint density at radius 3 is 2.15 bits per heavy atom. The smallest absolute Gasteiger partial charge is 0.321 e. The third-order valence-electron chi connectivity index (χ3n) is 5.49. The van der Waals surface area contributed by atoms with Crippen LogP contribution in [0.15, 0.2) is 30.3 Å². The summed E-state index contributed by atoms with van der Waals surface area (Å²) < 4.78 is 0. The van der Waals surface area contributed by atoms with Gasteiger partial charge in [0.1, 0.15) is 0 Å². The zero-order valence-electron chi connectivity index (χ0n) is 16.3. The molecule has 0 unspecified atom stereocenters. The molecule has 1 aromatic rings. The van der Waals surface area contributed by atoms with Gasteiger partial charge in [-0.25, -0.2) is 4.79 Å². The molecule has 2 heterocycles. The van der Waals surface area contributed by atoms with E-state index in [1.165, 1.54) is 32.5 Å². The summed E-state index contributed by atoms with van der Waals surface area (Å²) in [5.41, 5.74) is 0.867. The summed E-state index contributed by atoms with van der Waals surface area (Å²) in [6.07, 6.45) is 4.60. The van der Waals surface area contributed by atoms with Crippen LogP contribution in [0.3, 0.4) is 0 Å². The van der Waals surface area contributed by atoms with Crippen LogP contribution in [-0.4, -0.2) is 60.6 Å². The number of nitrogens with one attached hydrogen (secondary N) is 2. The van der Waals surface area contributed by atoms with Crippen LogP contribution in [0.25, 0.3) is 0 Å². The predicted octanol–water partition coefficient (Wildman–Crippen LogP) is 3.39. The Kier molecular flexibility index (Phi) is 6.92. The van der Waals surface area contributed by atoms with Crippen molar-refractivity contribution in [2.75, 3.05) is 38.0 Å². The second-order valence-electron chi connectivity index (χ2n) is 8.19. The van der Waals surface area contributed by atoms with Crippen molar-refractivity contribution in [1.29, 1.82) is 0 Å². The van der Waals surface area contributed by atoms with Gasteiger partial charge in [0.2, 0.25) is 0 Å². The number of carbonyl (C=O) groups is 1. The van der Waals surface area contributed by atoms with E-state index in [1.807, 2.05) is 35.2 Å². The molecule has 26 heavy (non-hydrogen) atoms. The maximum absolute atomic E-state index is 12.4. The van der Waals surface area contributed by atoms with Crippen LogP contribution < -0.4 is 10.6 Å². The highest BCUT2D eigenvalue weighted by atomic mass is 16.2. The first-order chi connectivity index (χ1) is 12.6. The monoisotopic (exact) mass is 358 g/mol. The maximum Gasteiger partial charge on any atom is 0.321 e. The summed E-state index contributed by atoms with van der Waals surface area (Å²) >= 11 is 0. The molecule has 3 rings (SSSR count). The fraction of sp³-hybridized carbons (Fsp3) is 0.667. The van der Waals surface area contributed by atoms with E-state index in [9.17, 15) is 4.79 Å².